The Kier molecular flexibility index (Phi) is 4.94. The Morgan fingerprint density at radius 1 is 1.43 bits per heavy atom. The lowest BCUT2D eigenvalue weighted by Crippen LogP contribution is -2.48. The lowest BCUT2D eigenvalue weighted by molar-refractivity contribution is -0.0586. The Morgan fingerprint density at radius 2 is 2.10 bits per heavy atom. The van der Waals surface area contributed by atoms with E-state index < -0.39 is 5.82 Å². The Hall–Kier alpha value is -1.90. The van der Waals surface area contributed by atoms with Crippen molar-refractivity contribution in [3.05, 3.63) is 35.1 Å². The van der Waals surface area contributed by atoms with Crippen LogP contribution in [0.25, 0.3) is 0 Å². The van der Waals surface area contributed by atoms with Crippen LogP contribution in [0.15, 0.2) is 18.2 Å². The minimum atomic E-state index is -0.420. The van der Waals surface area contributed by atoms with Gasteiger partial charge in [-0.1, -0.05) is 11.8 Å². The van der Waals surface area contributed by atoms with Crippen molar-refractivity contribution in [2.45, 2.75) is 26.1 Å². The molecular formula is C16H19FN2O2. The summed E-state index contributed by atoms with van der Waals surface area (Å²) >= 11 is 0. The van der Waals surface area contributed by atoms with Crippen molar-refractivity contribution < 1.29 is 13.9 Å². The number of benzene rings is 1. The summed E-state index contributed by atoms with van der Waals surface area (Å²) in [5, 5.41) is 0. The van der Waals surface area contributed by atoms with Crippen LogP contribution < -0.4 is 5.73 Å². The Labute approximate surface area is 124 Å². The van der Waals surface area contributed by atoms with Crippen molar-refractivity contribution >= 4 is 5.91 Å². The molecule has 5 heteroatoms. The number of morpholine rings is 1. The Balaban J connectivity index is 2.30. The van der Waals surface area contributed by atoms with Crippen molar-refractivity contribution in [1.82, 2.24) is 4.90 Å². The zero-order valence-electron chi connectivity index (χ0n) is 12.2. The molecule has 2 unspecified atom stereocenters. The summed E-state index contributed by atoms with van der Waals surface area (Å²) in [4.78, 5) is 14.4. The topological polar surface area (TPSA) is 55.6 Å². The van der Waals surface area contributed by atoms with Gasteiger partial charge >= 0.3 is 0 Å². The fraction of sp³-hybridized carbons (Fsp3) is 0.438. The number of hydrogen-bond acceptors (Lipinski definition) is 3. The van der Waals surface area contributed by atoms with E-state index in [1.807, 2.05) is 13.8 Å². The molecule has 0 aliphatic carbocycles. The molecule has 1 heterocycles. The van der Waals surface area contributed by atoms with E-state index in [-0.39, 0.29) is 24.7 Å². The van der Waals surface area contributed by atoms with Gasteiger partial charge in [0.15, 0.2) is 0 Å². The van der Waals surface area contributed by atoms with E-state index in [0.717, 1.165) is 0 Å². The lowest BCUT2D eigenvalue weighted by atomic mass is 10.1. The first kappa shape index (κ1) is 15.5. The number of nitrogens with two attached hydrogens (primary N) is 1. The summed E-state index contributed by atoms with van der Waals surface area (Å²) in [6.45, 7) is 5.05. The van der Waals surface area contributed by atoms with Gasteiger partial charge in [-0.2, -0.15) is 0 Å². The summed E-state index contributed by atoms with van der Waals surface area (Å²) < 4.78 is 19.0. The molecule has 1 aromatic carbocycles. The van der Waals surface area contributed by atoms with Crippen LogP contribution in [0.4, 0.5) is 4.39 Å². The molecule has 4 nitrogen and oxygen atoms in total. The first-order chi connectivity index (χ1) is 10.0. The molecule has 0 radical (unpaired) electrons. The minimum absolute atomic E-state index is 0.0169. The van der Waals surface area contributed by atoms with E-state index in [9.17, 15) is 9.18 Å². The summed E-state index contributed by atoms with van der Waals surface area (Å²) in [5.41, 5.74) is 6.11. The number of ether oxygens (including phenoxy) is 1. The number of halogens is 1. The highest BCUT2D eigenvalue weighted by molar-refractivity contribution is 5.96. The second kappa shape index (κ2) is 6.70. The van der Waals surface area contributed by atoms with Gasteiger partial charge in [0, 0.05) is 18.7 Å². The number of hydrogen-bond donors (Lipinski definition) is 1. The molecule has 21 heavy (non-hydrogen) atoms. The van der Waals surface area contributed by atoms with Gasteiger partial charge < -0.3 is 15.4 Å². The number of nitrogens with zero attached hydrogens (tertiary/aromatic N) is 1. The smallest absolute Gasteiger partial charge is 0.255 e. The highest BCUT2D eigenvalue weighted by atomic mass is 19.1. The maximum Gasteiger partial charge on any atom is 0.255 e. The molecule has 1 saturated heterocycles. The second-order valence-electron chi connectivity index (χ2n) is 5.16. The third-order valence-corrected chi connectivity index (χ3v) is 3.24. The monoisotopic (exact) mass is 290 g/mol. The molecule has 0 spiro atoms. The Morgan fingerprint density at radius 3 is 2.71 bits per heavy atom. The van der Waals surface area contributed by atoms with Gasteiger partial charge in [0.1, 0.15) is 5.82 Å². The first-order valence-corrected chi connectivity index (χ1v) is 6.94. The van der Waals surface area contributed by atoms with Gasteiger partial charge in [-0.15, -0.1) is 0 Å². The van der Waals surface area contributed by atoms with Gasteiger partial charge in [0.2, 0.25) is 0 Å². The molecule has 1 aliphatic heterocycles. The molecule has 0 aromatic heterocycles. The molecule has 1 aromatic rings. The van der Waals surface area contributed by atoms with Gasteiger partial charge in [0.05, 0.1) is 24.3 Å². The maximum absolute atomic E-state index is 13.4. The van der Waals surface area contributed by atoms with Gasteiger partial charge in [0.25, 0.3) is 5.91 Å². The largest absolute Gasteiger partial charge is 0.372 e. The molecule has 2 N–H and O–H groups in total. The van der Waals surface area contributed by atoms with Crippen molar-refractivity contribution in [2.75, 3.05) is 19.6 Å². The fourth-order valence-corrected chi connectivity index (χ4v) is 2.47. The van der Waals surface area contributed by atoms with Crippen LogP contribution in [0.2, 0.25) is 0 Å². The van der Waals surface area contributed by atoms with Crippen molar-refractivity contribution in [1.29, 1.82) is 0 Å². The van der Waals surface area contributed by atoms with Crippen LogP contribution in [0.5, 0.6) is 0 Å². The van der Waals surface area contributed by atoms with Crippen LogP contribution in [-0.2, 0) is 4.74 Å². The van der Waals surface area contributed by atoms with Crippen molar-refractivity contribution in [3.63, 3.8) is 0 Å². The normalized spacial score (nSPS) is 21.6. The van der Waals surface area contributed by atoms with Gasteiger partial charge in [-0.25, -0.2) is 4.39 Å². The lowest BCUT2D eigenvalue weighted by Gasteiger charge is -2.35. The van der Waals surface area contributed by atoms with Crippen LogP contribution >= 0.6 is 0 Å². The minimum Gasteiger partial charge on any atom is -0.372 e. The van der Waals surface area contributed by atoms with E-state index in [1.165, 1.54) is 18.2 Å². The van der Waals surface area contributed by atoms with Crippen LogP contribution in [0.3, 0.4) is 0 Å². The number of carbonyl (C=O) groups excluding carboxylic acids is 1. The van der Waals surface area contributed by atoms with E-state index in [1.54, 1.807) is 4.90 Å². The molecule has 1 amide bonds. The van der Waals surface area contributed by atoms with Crippen LogP contribution in [0, 0.1) is 17.7 Å². The molecule has 2 atom stereocenters. The average molecular weight is 290 g/mol. The van der Waals surface area contributed by atoms with Gasteiger partial charge in [-0.3, -0.25) is 4.79 Å². The molecule has 0 saturated carbocycles. The van der Waals surface area contributed by atoms with Crippen molar-refractivity contribution in [3.8, 4) is 11.8 Å². The first-order valence-electron chi connectivity index (χ1n) is 6.94. The molecule has 1 fully saturated rings. The van der Waals surface area contributed by atoms with E-state index in [4.69, 9.17) is 10.5 Å². The molecule has 2 rings (SSSR count). The summed E-state index contributed by atoms with van der Waals surface area (Å²) in [7, 11) is 0. The summed E-state index contributed by atoms with van der Waals surface area (Å²) in [6, 6.07) is 4.01. The molecular weight excluding hydrogens is 271 g/mol. The third-order valence-electron chi connectivity index (χ3n) is 3.24. The van der Waals surface area contributed by atoms with E-state index >= 15 is 0 Å². The fourth-order valence-electron chi connectivity index (χ4n) is 2.47. The molecule has 0 bridgehead atoms. The second-order valence-corrected chi connectivity index (χ2v) is 5.16. The van der Waals surface area contributed by atoms with E-state index in [2.05, 4.69) is 11.8 Å². The summed E-state index contributed by atoms with van der Waals surface area (Å²) in [6.07, 6.45) is -0.0338. The van der Waals surface area contributed by atoms with Gasteiger partial charge in [-0.05, 0) is 32.0 Å². The summed E-state index contributed by atoms with van der Waals surface area (Å²) in [5.74, 6) is 4.85. The predicted molar refractivity (Wildman–Crippen MR) is 78.2 cm³/mol. The zero-order chi connectivity index (χ0) is 15.4. The van der Waals surface area contributed by atoms with Crippen LogP contribution in [0.1, 0.15) is 29.8 Å². The zero-order valence-corrected chi connectivity index (χ0v) is 12.2. The number of amides is 1. The molecule has 1 aliphatic rings. The highest BCUT2D eigenvalue weighted by Crippen LogP contribution is 2.17. The molecule has 112 valence electrons. The van der Waals surface area contributed by atoms with E-state index in [0.29, 0.717) is 24.2 Å². The average Bonchev–Trinajstić information content (AvgIpc) is 2.43. The quantitative estimate of drug-likeness (QED) is 0.795. The van der Waals surface area contributed by atoms with Crippen molar-refractivity contribution in [2.24, 2.45) is 5.73 Å². The Bertz CT molecular complexity index is 582. The SMILES string of the molecule is CC1CN(C(=O)c2ccc(F)cc2C#CCN)CC(C)O1. The highest BCUT2D eigenvalue weighted by Gasteiger charge is 2.27. The number of carbonyl (C=O) groups is 1. The third kappa shape index (κ3) is 3.81. The standard InChI is InChI=1S/C16H19FN2O2/c1-11-9-19(10-12(2)21-11)16(20)15-6-5-14(17)8-13(15)4-3-7-18/h5-6,8,11-12H,7,9-10,18H2,1-2H3. The maximum atomic E-state index is 13.4. The van der Waals surface area contributed by atoms with Crippen LogP contribution in [-0.4, -0.2) is 42.6 Å². The predicted octanol–water partition coefficient (Wildman–Crippen LogP) is 1.39. The number of rotatable bonds is 1.